The first kappa shape index (κ1) is 17.6. The monoisotopic (exact) mass is 295 g/mol. The Morgan fingerprint density at radius 2 is 2.19 bits per heavy atom. The van der Waals surface area contributed by atoms with Crippen molar-refractivity contribution in [3.63, 3.8) is 0 Å². The molecular weight excluding hydrogens is 266 g/mol. The number of nitrogens with two attached hydrogens (primary N) is 2. The molecule has 1 rings (SSSR count). The molecule has 21 heavy (non-hydrogen) atoms. The van der Waals surface area contributed by atoms with Crippen molar-refractivity contribution in [3.8, 4) is 0 Å². The SMILES string of the molecule is C=CC[C@@H](N/C=C(\N)CC(CCCN)C(=O)O)C1CCC1. The average Bonchev–Trinajstić information content (AvgIpc) is 2.38. The Morgan fingerprint density at radius 1 is 1.48 bits per heavy atom. The van der Waals surface area contributed by atoms with E-state index in [-0.39, 0.29) is 0 Å². The fourth-order valence-electron chi connectivity index (χ4n) is 2.65. The molecule has 0 aromatic rings. The zero-order valence-corrected chi connectivity index (χ0v) is 12.8. The van der Waals surface area contributed by atoms with Crippen LogP contribution in [0.25, 0.3) is 0 Å². The molecule has 0 bridgehead atoms. The minimum Gasteiger partial charge on any atom is -0.481 e. The summed E-state index contributed by atoms with van der Waals surface area (Å²) in [5.41, 5.74) is 12.0. The normalized spacial score (nSPS) is 18.6. The van der Waals surface area contributed by atoms with Crippen LogP contribution in [0.3, 0.4) is 0 Å². The molecule has 0 amide bonds. The van der Waals surface area contributed by atoms with Crippen LogP contribution in [0, 0.1) is 11.8 Å². The average molecular weight is 295 g/mol. The van der Waals surface area contributed by atoms with E-state index < -0.39 is 11.9 Å². The van der Waals surface area contributed by atoms with Gasteiger partial charge in [0.2, 0.25) is 0 Å². The number of carbonyl (C=O) groups is 1. The molecule has 0 heterocycles. The van der Waals surface area contributed by atoms with Crippen molar-refractivity contribution >= 4 is 5.97 Å². The summed E-state index contributed by atoms with van der Waals surface area (Å²) < 4.78 is 0. The summed E-state index contributed by atoms with van der Waals surface area (Å²) >= 11 is 0. The molecular formula is C16H29N3O2. The van der Waals surface area contributed by atoms with Crippen LogP contribution in [0.15, 0.2) is 24.6 Å². The van der Waals surface area contributed by atoms with Crippen molar-refractivity contribution in [1.29, 1.82) is 0 Å². The highest BCUT2D eigenvalue weighted by molar-refractivity contribution is 5.70. The van der Waals surface area contributed by atoms with Gasteiger partial charge in [-0.3, -0.25) is 4.79 Å². The molecule has 1 aliphatic rings. The molecule has 1 fully saturated rings. The van der Waals surface area contributed by atoms with Gasteiger partial charge in [0.15, 0.2) is 0 Å². The molecule has 0 aromatic heterocycles. The van der Waals surface area contributed by atoms with Gasteiger partial charge in [0.1, 0.15) is 0 Å². The molecule has 1 saturated carbocycles. The van der Waals surface area contributed by atoms with Crippen LogP contribution in [0.2, 0.25) is 0 Å². The van der Waals surface area contributed by atoms with Crippen molar-refractivity contribution in [2.75, 3.05) is 6.54 Å². The predicted molar refractivity (Wildman–Crippen MR) is 85.4 cm³/mol. The first-order chi connectivity index (χ1) is 10.1. The topological polar surface area (TPSA) is 101 Å². The highest BCUT2D eigenvalue weighted by Crippen LogP contribution is 2.31. The second-order valence-corrected chi connectivity index (χ2v) is 5.88. The third-order valence-electron chi connectivity index (χ3n) is 4.21. The Morgan fingerprint density at radius 3 is 2.67 bits per heavy atom. The van der Waals surface area contributed by atoms with Crippen molar-refractivity contribution in [3.05, 3.63) is 24.6 Å². The number of carboxylic acids is 1. The van der Waals surface area contributed by atoms with Gasteiger partial charge in [0, 0.05) is 24.4 Å². The van der Waals surface area contributed by atoms with Crippen LogP contribution in [0.5, 0.6) is 0 Å². The molecule has 6 N–H and O–H groups in total. The number of carboxylic acid groups (broad SMARTS) is 1. The van der Waals surface area contributed by atoms with Gasteiger partial charge in [-0.25, -0.2) is 0 Å². The summed E-state index contributed by atoms with van der Waals surface area (Å²) in [5, 5.41) is 12.5. The lowest BCUT2D eigenvalue weighted by molar-refractivity contribution is -0.141. The van der Waals surface area contributed by atoms with Crippen LogP contribution in [0.4, 0.5) is 0 Å². The standard InChI is InChI=1S/C16H29N3O2/c1-2-5-15(12-6-3-7-12)19-11-14(18)10-13(16(20)21)8-4-9-17/h2,11-13,15,19H,1,3-10,17-18H2,(H,20,21)/b14-11-/t13?,15-/m1/s1. The summed E-state index contributed by atoms with van der Waals surface area (Å²) in [7, 11) is 0. The van der Waals surface area contributed by atoms with E-state index in [0.29, 0.717) is 43.5 Å². The third kappa shape index (κ3) is 6.21. The van der Waals surface area contributed by atoms with Gasteiger partial charge in [-0.05, 0) is 44.6 Å². The molecule has 0 spiro atoms. The molecule has 1 unspecified atom stereocenters. The van der Waals surface area contributed by atoms with E-state index in [4.69, 9.17) is 11.5 Å². The molecule has 0 radical (unpaired) electrons. The van der Waals surface area contributed by atoms with Gasteiger partial charge >= 0.3 is 5.97 Å². The Balaban J connectivity index is 2.48. The van der Waals surface area contributed by atoms with Crippen molar-refractivity contribution < 1.29 is 9.90 Å². The maximum atomic E-state index is 11.2. The largest absolute Gasteiger partial charge is 0.481 e. The summed E-state index contributed by atoms with van der Waals surface area (Å²) in [6.07, 6.45) is 10.0. The maximum Gasteiger partial charge on any atom is 0.306 e. The maximum absolute atomic E-state index is 11.2. The minimum absolute atomic E-state index is 0.363. The van der Waals surface area contributed by atoms with Crippen molar-refractivity contribution in [2.24, 2.45) is 23.3 Å². The lowest BCUT2D eigenvalue weighted by Gasteiger charge is -2.33. The van der Waals surface area contributed by atoms with Crippen LogP contribution in [-0.2, 0) is 4.79 Å². The van der Waals surface area contributed by atoms with Gasteiger partial charge in [-0.2, -0.15) is 0 Å². The van der Waals surface area contributed by atoms with Crippen LogP contribution < -0.4 is 16.8 Å². The number of rotatable bonds is 11. The van der Waals surface area contributed by atoms with E-state index in [1.807, 2.05) is 6.08 Å². The molecule has 0 aromatic carbocycles. The smallest absolute Gasteiger partial charge is 0.306 e. The molecule has 120 valence electrons. The zero-order chi connectivity index (χ0) is 15.7. The first-order valence-corrected chi connectivity index (χ1v) is 7.82. The van der Waals surface area contributed by atoms with Gasteiger partial charge in [0.05, 0.1) is 5.92 Å². The zero-order valence-electron chi connectivity index (χ0n) is 12.8. The summed E-state index contributed by atoms with van der Waals surface area (Å²) in [4.78, 5) is 11.2. The van der Waals surface area contributed by atoms with Gasteiger partial charge in [-0.1, -0.05) is 12.5 Å². The first-order valence-electron chi connectivity index (χ1n) is 7.82. The molecule has 0 aliphatic heterocycles. The fraction of sp³-hybridized carbons (Fsp3) is 0.688. The lowest BCUT2D eigenvalue weighted by atomic mass is 9.78. The van der Waals surface area contributed by atoms with Crippen molar-refractivity contribution in [2.45, 2.75) is 51.0 Å². The van der Waals surface area contributed by atoms with Crippen LogP contribution >= 0.6 is 0 Å². The Labute approximate surface area is 127 Å². The Kier molecular flexibility index (Phi) is 7.90. The van der Waals surface area contributed by atoms with E-state index in [1.54, 1.807) is 6.20 Å². The number of hydrogen-bond donors (Lipinski definition) is 4. The number of hydrogen-bond acceptors (Lipinski definition) is 4. The number of nitrogens with one attached hydrogen (secondary N) is 1. The number of aliphatic carboxylic acids is 1. The van der Waals surface area contributed by atoms with E-state index >= 15 is 0 Å². The summed E-state index contributed by atoms with van der Waals surface area (Å²) in [6, 6.07) is 0.363. The minimum atomic E-state index is -0.804. The Bertz CT molecular complexity index is 365. The van der Waals surface area contributed by atoms with E-state index in [0.717, 1.165) is 6.42 Å². The fourth-order valence-corrected chi connectivity index (χ4v) is 2.65. The summed E-state index contributed by atoms with van der Waals surface area (Å²) in [6.45, 7) is 4.30. The van der Waals surface area contributed by atoms with Crippen molar-refractivity contribution in [1.82, 2.24) is 5.32 Å². The Hall–Kier alpha value is -1.49. The predicted octanol–water partition coefficient (Wildman–Crippen LogP) is 1.95. The molecule has 0 saturated heterocycles. The third-order valence-corrected chi connectivity index (χ3v) is 4.21. The van der Waals surface area contributed by atoms with Gasteiger partial charge in [0.25, 0.3) is 0 Å². The van der Waals surface area contributed by atoms with E-state index in [1.165, 1.54) is 19.3 Å². The molecule has 2 atom stereocenters. The second kappa shape index (κ2) is 9.45. The summed E-state index contributed by atoms with van der Waals surface area (Å²) in [5.74, 6) is -0.575. The van der Waals surface area contributed by atoms with E-state index in [2.05, 4.69) is 11.9 Å². The van der Waals surface area contributed by atoms with Gasteiger partial charge < -0.3 is 21.9 Å². The van der Waals surface area contributed by atoms with Crippen LogP contribution in [-0.4, -0.2) is 23.7 Å². The lowest BCUT2D eigenvalue weighted by Crippen LogP contribution is -2.37. The molecule has 1 aliphatic carbocycles. The highest BCUT2D eigenvalue weighted by Gasteiger charge is 2.25. The molecule has 5 heteroatoms. The number of allylic oxidation sites excluding steroid dienone is 1. The van der Waals surface area contributed by atoms with Crippen LogP contribution in [0.1, 0.15) is 44.9 Å². The van der Waals surface area contributed by atoms with Gasteiger partial charge in [-0.15, -0.1) is 6.58 Å². The second-order valence-electron chi connectivity index (χ2n) is 5.88. The molecule has 5 nitrogen and oxygen atoms in total. The quantitative estimate of drug-likeness (QED) is 0.436. The highest BCUT2D eigenvalue weighted by atomic mass is 16.4. The van der Waals surface area contributed by atoms with E-state index in [9.17, 15) is 9.90 Å².